The molecule has 0 saturated carbocycles. The molecule has 0 spiro atoms. The van der Waals surface area contributed by atoms with Crippen molar-refractivity contribution in [3.05, 3.63) is 46.3 Å². The number of hydrogen-bond donors (Lipinski definition) is 4. The first kappa shape index (κ1) is 25.1. The van der Waals surface area contributed by atoms with Gasteiger partial charge < -0.3 is 25.4 Å². The minimum atomic E-state index is -1.12. The van der Waals surface area contributed by atoms with Gasteiger partial charge in [-0.25, -0.2) is 9.37 Å². The standard InChI is InChI=1S/C21H26F2N4O5/c1-10-7-14(8-24-19(10)23)25-20(31)16-11(2)17(27(6-5-22)12(16)3)18(30)21(32)26-15(9-28)13(4)29/h7-8,13,15,28-29H,5-6,9H2,1-4H3,(H,25,31)(H,26,32)/t13-,15-/m1/s1. The maximum atomic E-state index is 13.4. The third-order valence-corrected chi connectivity index (χ3v) is 5.09. The molecule has 0 aromatic carbocycles. The van der Waals surface area contributed by atoms with Crippen molar-refractivity contribution in [1.82, 2.24) is 14.9 Å². The van der Waals surface area contributed by atoms with Crippen LogP contribution >= 0.6 is 0 Å². The number of aryl methyl sites for hydroxylation is 1. The van der Waals surface area contributed by atoms with E-state index in [-0.39, 0.29) is 40.3 Å². The van der Waals surface area contributed by atoms with E-state index in [1.165, 1.54) is 38.3 Å². The van der Waals surface area contributed by atoms with Crippen LogP contribution in [0.1, 0.15) is 44.6 Å². The van der Waals surface area contributed by atoms with Crippen LogP contribution in [-0.2, 0) is 11.3 Å². The number of aromatic nitrogens is 2. The van der Waals surface area contributed by atoms with Crippen LogP contribution in [0.2, 0.25) is 0 Å². The molecule has 174 valence electrons. The fraction of sp³-hybridized carbons (Fsp3) is 0.429. The second-order valence-corrected chi connectivity index (χ2v) is 7.39. The Hall–Kier alpha value is -3.18. The molecule has 11 heteroatoms. The minimum absolute atomic E-state index is 0.0609. The molecule has 0 fully saturated rings. The number of nitrogens with zero attached hydrogens (tertiary/aromatic N) is 2. The number of carbonyl (C=O) groups excluding carboxylic acids is 3. The van der Waals surface area contributed by atoms with Gasteiger partial charge in [0.25, 0.3) is 17.6 Å². The largest absolute Gasteiger partial charge is 0.394 e. The van der Waals surface area contributed by atoms with E-state index in [4.69, 9.17) is 0 Å². The first-order valence-electron chi connectivity index (χ1n) is 9.86. The van der Waals surface area contributed by atoms with Crippen LogP contribution in [0.5, 0.6) is 0 Å². The molecule has 0 radical (unpaired) electrons. The van der Waals surface area contributed by atoms with Crippen LogP contribution in [0.3, 0.4) is 0 Å². The lowest BCUT2D eigenvalue weighted by molar-refractivity contribution is -0.118. The molecule has 2 heterocycles. The summed E-state index contributed by atoms with van der Waals surface area (Å²) in [5.74, 6) is -3.48. The molecule has 0 aliphatic rings. The monoisotopic (exact) mass is 452 g/mol. The van der Waals surface area contributed by atoms with Gasteiger partial charge in [0.2, 0.25) is 5.95 Å². The lowest BCUT2D eigenvalue weighted by Gasteiger charge is -2.18. The number of aliphatic hydroxyl groups is 2. The highest BCUT2D eigenvalue weighted by molar-refractivity contribution is 6.43. The number of amides is 2. The van der Waals surface area contributed by atoms with E-state index < -0.39 is 49.0 Å². The summed E-state index contributed by atoms with van der Waals surface area (Å²) in [5.41, 5.74) is 0.728. The number of nitrogens with one attached hydrogen (secondary N) is 2. The molecule has 2 amide bonds. The SMILES string of the molecule is Cc1cc(NC(=O)c2c(C)c(C(=O)C(=O)N[C@H](CO)[C@@H](C)O)n(CCF)c2C)cnc1F. The van der Waals surface area contributed by atoms with Gasteiger partial charge in [0, 0.05) is 11.3 Å². The lowest BCUT2D eigenvalue weighted by atomic mass is 10.1. The van der Waals surface area contributed by atoms with E-state index in [2.05, 4.69) is 15.6 Å². The number of pyridine rings is 1. The van der Waals surface area contributed by atoms with Gasteiger partial charge in [0.1, 0.15) is 6.67 Å². The molecule has 4 N–H and O–H groups in total. The molecule has 9 nitrogen and oxygen atoms in total. The Morgan fingerprint density at radius 2 is 1.91 bits per heavy atom. The zero-order valence-corrected chi connectivity index (χ0v) is 18.2. The van der Waals surface area contributed by atoms with Crippen LogP contribution < -0.4 is 10.6 Å². The summed E-state index contributed by atoms with van der Waals surface area (Å²) in [6, 6.07) is 0.308. The average molecular weight is 452 g/mol. The van der Waals surface area contributed by atoms with Crippen molar-refractivity contribution >= 4 is 23.3 Å². The van der Waals surface area contributed by atoms with Crippen molar-refractivity contribution in [3.63, 3.8) is 0 Å². The zero-order chi connectivity index (χ0) is 24.2. The van der Waals surface area contributed by atoms with Crippen molar-refractivity contribution in [2.45, 2.75) is 46.4 Å². The van der Waals surface area contributed by atoms with Crippen LogP contribution in [0.25, 0.3) is 0 Å². The molecule has 2 aromatic heterocycles. The molecule has 0 saturated heterocycles. The predicted octanol–water partition coefficient (Wildman–Crippen LogP) is 1.21. The molecule has 32 heavy (non-hydrogen) atoms. The first-order chi connectivity index (χ1) is 15.0. The van der Waals surface area contributed by atoms with E-state index in [1.807, 2.05) is 0 Å². The molecule has 0 bridgehead atoms. The Morgan fingerprint density at radius 1 is 1.25 bits per heavy atom. The molecule has 2 aromatic rings. The van der Waals surface area contributed by atoms with Gasteiger partial charge >= 0.3 is 0 Å². The van der Waals surface area contributed by atoms with E-state index in [9.17, 15) is 33.4 Å². The van der Waals surface area contributed by atoms with E-state index in [0.29, 0.717) is 0 Å². The smallest absolute Gasteiger partial charge is 0.294 e. The van der Waals surface area contributed by atoms with Gasteiger partial charge in [-0.15, -0.1) is 0 Å². The average Bonchev–Trinajstić information content (AvgIpc) is 2.97. The summed E-state index contributed by atoms with van der Waals surface area (Å²) in [4.78, 5) is 41.8. The number of aliphatic hydroxyl groups excluding tert-OH is 2. The Bertz CT molecular complexity index is 1040. The second kappa shape index (κ2) is 10.4. The lowest BCUT2D eigenvalue weighted by Crippen LogP contribution is -2.47. The summed E-state index contributed by atoms with van der Waals surface area (Å²) in [6.07, 6.45) is 0.0138. The number of hydrogen-bond acceptors (Lipinski definition) is 6. The molecule has 2 atom stereocenters. The Labute approximate surface area is 183 Å². The van der Waals surface area contributed by atoms with Crippen LogP contribution in [0.4, 0.5) is 14.5 Å². The third-order valence-electron chi connectivity index (χ3n) is 5.09. The van der Waals surface area contributed by atoms with Gasteiger partial charge in [-0.1, -0.05) is 0 Å². The maximum Gasteiger partial charge on any atom is 0.294 e. The van der Waals surface area contributed by atoms with Crippen molar-refractivity contribution in [2.75, 3.05) is 18.6 Å². The van der Waals surface area contributed by atoms with Gasteiger partial charge in [0.15, 0.2) is 0 Å². The highest BCUT2D eigenvalue weighted by atomic mass is 19.1. The Balaban J connectivity index is 2.43. The fourth-order valence-electron chi connectivity index (χ4n) is 3.37. The quantitative estimate of drug-likeness (QED) is 0.257. The topological polar surface area (TPSA) is 134 Å². The third kappa shape index (κ3) is 5.17. The molecular weight excluding hydrogens is 426 g/mol. The molecule has 0 unspecified atom stereocenters. The fourth-order valence-corrected chi connectivity index (χ4v) is 3.37. The van der Waals surface area contributed by atoms with Gasteiger partial charge in [0.05, 0.1) is 48.4 Å². The van der Waals surface area contributed by atoms with Crippen LogP contribution in [-0.4, -0.2) is 62.8 Å². The van der Waals surface area contributed by atoms with Crippen molar-refractivity contribution in [2.24, 2.45) is 0 Å². The summed E-state index contributed by atoms with van der Waals surface area (Å²) >= 11 is 0. The highest BCUT2D eigenvalue weighted by Gasteiger charge is 2.31. The summed E-state index contributed by atoms with van der Waals surface area (Å²) < 4.78 is 27.8. The Kier molecular flexibility index (Phi) is 8.17. The van der Waals surface area contributed by atoms with Gasteiger partial charge in [-0.05, 0) is 39.3 Å². The number of alkyl halides is 1. The number of rotatable bonds is 9. The summed E-state index contributed by atoms with van der Waals surface area (Å²) in [5, 5.41) is 23.6. The van der Waals surface area contributed by atoms with Gasteiger partial charge in [-0.2, -0.15) is 4.39 Å². The summed E-state index contributed by atoms with van der Waals surface area (Å²) in [6.45, 7) is 4.04. The normalized spacial score (nSPS) is 12.9. The maximum absolute atomic E-state index is 13.4. The van der Waals surface area contributed by atoms with Crippen molar-refractivity contribution in [1.29, 1.82) is 0 Å². The number of anilines is 1. The van der Waals surface area contributed by atoms with Crippen LogP contribution in [0, 0.1) is 26.7 Å². The highest BCUT2D eigenvalue weighted by Crippen LogP contribution is 2.25. The van der Waals surface area contributed by atoms with E-state index in [1.54, 1.807) is 0 Å². The molecular formula is C21H26F2N4O5. The predicted molar refractivity (Wildman–Crippen MR) is 112 cm³/mol. The molecule has 0 aliphatic carbocycles. The summed E-state index contributed by atoms with van der Waals surface area (Å²) in [7, 11) is 0. The number of ketones is 1. The van der Waals surface area contributed by atoms with E-state index >= 15 is 0 Å². The molecule has 0 aliphatic heterocycles. The van der Waals surface area contributed by atoms with Crippen molar-refractivity contribution in [3.8, 4) is 0 Å². The Morgan fingerprint density at radius 3 is 2.44 bits per heavy atom. The number of carbonyl (C=O) groups is 3. The van der Waals surface area contributed by atoms with Crippen molar-refractivity contribution < 1.29 is 33.4 Å². The molecule has 2 rings (SSSR count). The van der Waals surface area contributed by atoms with Crippen LogP contribution in [0.15, 0.2) is 12.3 Å². The first-order valence-corrected chi connectivity index (χ1v) is 9.86. The zero-order valence-electron chi connectivity index (χ0n) is 18.2. The second-order valence-electron chi connectivity index (χ2n) is 7.39. The number of Topliss-reactive ketones (excluding diaryl/α,β-unsaturated/α-hetero) is 1. The number of halogens is 2. The minimum Gasteiger partial charge on any atom is -0.394 e. The van der Waals surface area contributed by atoms with Gasteiger partial charge in [-0.3, -0.25) is 14.4 Å². The van der Waals surface area contributed by atoms with E-state index in [0.717, 1.165) is 6.20 Å².